The van der Waals surface area contributed by atoms with Crippen LogP contribution in [0.5, 0.6) is 0 Å². The number of rotatable bonds is 3. The summed E-state index contributed by atoms with van der Waals surface area (Å²) in [5, 5.41) is 0. The van der Waals surface area contributed by atoms with E-state index in [2.05, 4.69) is 5.92 Å². The molecule has 0 heterocycles. The summed E-state index contributed by atoms with van der Waals surface area (Å²) < 4.78 is 13.1. The smallest absolute Gasteiger partial charge is 0.193 e. The summed E-state index contributed by atoms with van der Waals surface area (Å²) in [6.07, 6.45) is 5.33. The number of terminal acetylenes is 1. The first-order valence-corrected chi connectivity index (χ1v) is 7.15. The number of halogens is 1. The molecule has 0 radical (unpaired) electrons. The van der Waals surface area contributed by atoms with Crippen LogP contribution in [0.3, 0.4) is 0 Å². The van der Waals surface area contributed by atoms with Crippen molar-refractivity contribution in [2.24, 2.45) is 0 Å². The molecule has 0 amide bonds. The first-order chi connectivity index (χ1) is 11.2. The second-order valence-corrected chi connectivity index (χ2v) is 5.10. The molecule has 3 rings (SSSR count). The largest absolute Gasteiger partial charge is 0.289 e. The number of ketones is 1. The number of benzene rings is 3. The third-order valence-corrected chi connectivity index (χ3v) is 3.64. The quantitative estimate of drug-likeness (QED) is 0.506. The molecule has 1 nitrogen and oxygen atoms in total. The standard InChI is InChI=1S/C21H13FO/c1-2-15-7-9-17(10-8-15)21(23)20-6-4-3-5-19(20)16-11-13-18(22)14-12-16/h1,3-14H. The molecule has 0 saturated carbocycles. The maximum atomic E-state index is 13.1. The minimum Gasteiger partial charge on any atom is -0.289 e. The second kappa shape index (κ2) is 6.29. The van der Waals surface area contributed by atoms with E-state index in [9.17, 15) is 9.18 Å². The van der Waals surface area contributed by atoms with Gasteiger partial charge in [0.05, 0.1) is 0 Å². The minimum absolute atomic E-state index is 0.0894. The van der Waals surface area contributed by atoms with Crippen molar-refractivity contribution in [3.05, 3.63) is 95.3 Å². The van der Waals surface area contributed by atoms with Gasteiger partial charge in [-0.2, -0.15) is 0 Å². The van der Waals surface area contributed by atoms with Gasteiger partial charge in [-0.1, -0.05) is 42.3 Å². The first kappa shape index (κ1) is 14.7. The van der Waals surface area contributed by atoms with Gasteiger partial charge in [0.25, 0.3) is 0 Å². The topological polar surface area (TPSA) is 17.1 Å². The molecule has 23 heavy (non-hydrogen) atoms. The van der Waals surface area contributed by atoms with Crippen LogP contribution in [0.4, 0.5) is 4.39 Å². The van der Waals surface area contributed by atoms with E-state index in [1.807, 2.05) is 18.2 Å². The fourth-order valence-corrected chi connectivity index (χ4v) is 2.44. The van der Waals surface area contributed by atoms with Gasteiger partial charge in [0, 0.05) is 16.7 Å². The molecule has 0 bridgehead atoms. The highest BCUT2D eigenvalue weighted by molar-refractivity contribution is 6.12. The molecule has 2 heteroatoms. The van der Waals surface area contributed by atoms with Crippen molar-refractivity contribution in [2.45, 2.75) is 0 Å². The molecule has 0 aliphatic carbocycles. The third-order valence-electron chi connectivity index (χ3n) is 3.64. The molecule has 0 N–H and O–H groups in total. The molecule has 110 valence electrons. The highest BCUT2D eigenvalue weighted by Gasteiger charge is 2.14. The Labute approximate surface area is 134 Å². The highest BCUT2D eigenvalue weighted by Crippen LogP contribution is 2.26. The monoisotopic (exact) mass is 300 g/mol. The van der Waals surface area contributed by atoms with Gasteiger partial charge in [-0.3, -0.25) is 4.79 Å². The Balaban J connectivity index is 2.04. The van der Waals surface area contributed by atoms with Gasteiger partial charge in [-0.15, -0.1) is 6.42 Å². The lowest BCUT2D eigenvalue weighted by Crippen LogP contribution is -2.03. The van der Waals surface area contributed by atoms with Gasteiger partial charge in [0.2, 0.25) is 0 Å². The number of carbonyl (C=O) groups is 1. The van der Waals surface area contributed by atoms with E-state index in [0.717, 1.165) is 16.7 Å². The predicted octanol–water partition coefficient (Wildman–Crippen LogP) is 4.71. The van der Waals surface area contributed by atoms with Crippen LogP contribution in [0.1, 0.15) is 21.5 Å². The van der Waals surface area contributed by atoms with E-state index in [-0.39, 0.29) is 11.6 Å². The lowest BCUT2D eigenvalue weighted by atomic mass is 9.93. The van der Waals surface area contributed by atoms with Gasteiger partial charge in [0.1, 0.15) is 5.82 Å². The van der Waals surface area contributed by atoms with Crippen molar-refractivity contribution in [3.8, 4) is 23.5 Å². The van der Waals surface area contributed by atoms with Gasteiger partial charge < -0.3 is 0 Å². The number of hydrogen-bond donors (Lipinski definition) is 0. The number of carbonyl (C=O) groups excluding carboxylic acids is 1. The second-order valence-electron chi connectivity index (χ2n) is 5.10. The van der Waals surface area contributed by atoms with E-state index in [0.29, 0.717) is 11.1 Å². The highest BCUT2D eigenvalue weighted by atomic mass is 19.1. The molecule has 0 fully saturated rings. The van der Waals surface area contributed by atoms with Crippen LogP contribution in [0.25, 0.3) is 11.1 Å². The molecule has 3 aromatic rings. The van der Waals surface area contributed by atoms with Crippen molar-refractivity contribution >= 4 is 5.78 Å². The summed E-state index contributed by atoms with van der Waals surface area (Å²) in [5.74, 6) is 2.14. The summed E-state index contributed by atoms with van der Waals surface area (Å²) in [7, 11) is 0. The van der Waals surface area contributed by atoms with E-state index in [4.69, 9.17) is 6.42 Å². The fraction of sp³-hybridized carbons (Fsp3) is 0. The predicted molar refractivity (Wildman–Crippen MR) is 89.6 cm³/mol. The molecular formula is C21H13FO. The molecule has 0 atom stereocenters. The van der Waals surface area contributed by atoms with Gasteiger partial charge >= 0.3 is 0 Å². The Hall–Kier alpha value is -3.18. The molecule has 0 aromatic heterocycles. The van der Waals surface area contributed by atoms with Crippen LogP contribution in [0.2, 0.25) is 0 Å². The number of hydrogen-bond acceptors (Lipinski definition) is 1. The van der Waals surface area contributed by atoms with E-state index < -0.39 is 0 Å². The van der Waals surface area contributed by atoms with Gasteiger partial charge in [-0.25, -0.2) is 4.39 Å². The average Bonchev–Trinajstić information content (AvgIpc) is 2.62. The summed E-state index contributed by atoms with van der Waals surface area (Å²) in [4.78, 5) is 12.8. The first-order valence-electron chi connectivity index (χ1n) is 7.15. The van der Waals surface area contributed by atoms with Gasteiger partial charge in [0.15, 0.2) is 5.78 Å². The zero-order chi connectivity index (χ0) is 16.2. The summed E-state index contributed by atoms with van der Waals surface area (Å²) in [5.41, 5.74) is 3.45. The maximum absolute atomic E-state index is 13.1. The molecule has 0 aliphatic heterocycles. The minimum atomic E-state index is -0.303. The lowest BCUT2D eigenvalue weighted by molar-refractivity contribution is 0.103. The van der Waals surface area contributed by atoms with Crippen LogP contribution in [0.15, 0.2) is 72.8 Å². The Kier molecular flexibility index (Phi) is 4.03. The zero-order valence-corrected chi connectivity index (χ0v) is 12.3. The van der Waals surface area contributed by atoms with Crippen LogP contribution < -0.4 is 0 Å². The SMILES string of the molecule is C#Cc1ccc(C(=O)c2ccccc2-c2ccc(F)cc2)cc1. The summed E-state index contributed by atoms with van der Waals surface area (Å²) >= 11 is 0. The Morgan fingerprint density at radius 3 is 2.17 bits per heavy atom. The summed E-state index contributed by atoms with van der Waals surface area (Å²) in [6.45, 7) is 0. The molecule has 0 saturated heterocycles. The molecule has 0 aliphatic rings. The van der Waals surface area contributed by atoms with Crippen LogP contribution in [0, 0.1) is 18.2 Å². The average molecular weight is 300 g/mol. The van der Waals surface area contributed by atoms with Crippen molar-refractivity contribution in [3.63, 3.8) is 0 Å². The zero-order valence-electron chi connectivity index (χ0n) is 12.3. The van der Waals surface area contributed by atoms with Crippen molar-refractivity contribution in [2.75, 3.05) is 0 Å². The van der Waals surface area contributed by atoms with Crippen LogP contribution in [-0.4, -0.2) is 5.78 Å². The van der Waals surface area contributed by atoms with E-state index >= 15 is 0 Å². The molecule has 0 spiro atoms. The third kappa shape index (κ3) is 3.04. The Morgan fingerprint density at radius 2 is 1.52 bits per heavy atom. The fourth-order valence-electron chi connectivity index (χ4n) is 2.44. The van der Waals surface area contributed by atoms with E-state index in [1.54, 1.807) is 42.5 Å². The Bertz CT molecular complexity index is 884. The normalized spacial score (nSPS) is 10.1. The maximum Gasteiger partial charge on any atom is 0.193 e. The summed E-state index contributed by atoms with van der Waals surface area (Å²) in [6, 6.07) is 20.3. The molecule has 3 aromatic carbocycles. The van der Waals surface area contributed by atoms with Crippen LogP contribution in [-0.2, 0) is 0 Å². The van der Waals surface area contributed by atoms with Crippen molar-refractivity contribution in [1.29, 1.82) is 0 Å². The van der Waals surface area contributed by atoms with E-state index in [1.165, 1.54) is 12.1 Å². The van der Waals surface area contributed by atoms with Crippen molar-refractivity contribution in [1.82, 2.24) is 0 Å². The molecule has 0 unspecified atom stereocenters. The van der Waals surface area contributed by atoms with Crippen molar-refractivity contribution < 1.29 is 9.18 Å². The van der Waals surface area contributed by atoms with Crippen LogP contribution >= 0.6 is 0 Å². The van der Waals surface area contributed by atoms with Gasteiger partial charge in [-0.05, 0) is 47.5 Å². The molecular weight excluding hydrogens is 287 g/mol. The Morgan fingerprint density at radius 1 is 0.870 bits per heavy atom. The lowest BCUT2D eigenvalue weighted by Gasteiger charge is -2.09.